The zero-order valence-corrected chi connectivity index (χ0v) is 17.6. The van der Waals surface area contributed by atoms with Gasteiger partial charge in [0.05, 0.1) is 6.10 Å². The monoisotopic (exact) mass is 382 g/mol. The molecule has 0 aromatic heterocycles. The van der Waals surface area contributed by atoms with Gasteiger partial charge in [-0.1, -0.05) is 54.6 Å². The van der Waals surface area contributed by atoms with Crippen molar-refractivity contribution in [2.24, 2.45) is 4.99 Å². The molecule has 0 bridgehead atoms. The van der Waals surface area contributed by atoms with Crippen LogP contribution in [0, 0.1) is 0 Å². The Morgan fingerprint density at radius 2 is 1.68 bits per heavy atom. The predicted octanol–water partition coefficient (Wildman–Crippen LogP) is 3.58. The van der Waals surface area contributed by atoms with Crippen LogP contribution >= 0.6 is 0 Å². The van der Waals surface area contributed by atoms with Crippen LogP contribution in [0.2, 0.25) is 0 Å². The van der Waals surface area contributed by atoms with Gasteiger partial charge < -0.3 is 20.3 Å². The minimum atomic E-state index is 0.120. The third kappa shape index (κ3) is 8.11. The Labute approximate surface area is 169 Å². The molecule has 2 rings (SSSR count). The maximum absolute atomic E-state index is 5.91. The molecule has 1 atom stereocenters. The van der Waals surface area contributed by atoms with Crippen molar-refractivity contribution in [2.45, 2.75) is 32.5 Å². The van der Waals surface area contributed by atoms with E-state index < -0.39 is 0 Å². The van der Waals surface area contributed by atoms with Gasteiger partial charge in [-0.3, -0.25) is 4.99 Å². The van der Waals surface area contributed by atoms with Crippen LogP contribution in [-0.2, 0) is 17.8 Å². The van der Waals surface area contributed by atoms with Gasteiger partial charge in [0.2, 0.25) is 0 Å². The van der Waals surface area contributed by atoms with E-state index >= 15 is 0 Å². The Balaban J connectivity index is 1.63. The minimum absolute atomic E-state index is 0.120. The van der Waals surface area contributed by atoms with E-state index in [1.807, 2.05) is 18.2 Å². The van der Waals surface area contributed by atoms with Gasteiger partial charge in [0.15, 0.2) is 5.96 Å². The van der Waals surface area contributed by atoms with Crippen LogP contribution in [0.15, 0.2) is 59.6 Å². The van der Waals surface area contributed by atoms with Crippen LogP contribution < -0.4 is 10.6 Å². The first kappa shape index (κ1) is 21.9. The highest BCUT2D eigenvalue weighted by Gasteiger charge is 2.04. The summed E-state index contributed by atoms with van der Waals surface area (Å²) in [5.74, 6) is 0.813. The molecule has 152 valence electrons. The van der Waals surface area contributed by atoms with E-state index in [4.69, 9.17) is 4.74 Å². The molecule has 0 spiro atoms. The second-order valence-corrected chi connectivity index (χ2v) is 7.18. The Kier molecular flexibility index (Phi) is 9.52. The maximum Gasteiger partial charge on any atom is 0.191 e. The molecule has 0 fully saturated rings. The van der Waals surface area contributed by atoms with Gasteiger partial charge in [0, 0.05) is 33.3 Å². The van der Waals surface area contributed by atoms with Crippen molar-refractivity contribution in [2.75, 3.05) is 34.3 Å². The summed E-state index contributed by atoms with van der Waals surface area (Å²) in [6, 6.07) is 19.0. The van der Waals surface area contributed by atoms with Gasteiger partial charge >= 0.3 is 0 Å². The number of nitrogens with zero attached hydrogens (tertiary/aromatic N) is 2. The first-order chi connectivity index (χ1) is 13.6. The number of ether oxygens (including phenoxy) is 1. The van der Waals surface area contributed by atoms with E-state index in [1.165, 1.54) is 16.7 Å². The van der Waals surface area contributed by atoms with Crippen LogP contribution in [0.3, 0.4) is 0 Å². The number of hydrogen-bond donors (Lipinski definition) is 2. The summed E-state index contributed by atoms with van der Waals surface area (Å²) in [4.78, 5) is 6.46. The van der Waals surface area contributed by atoms with E-state index in [-0.39, 0.29) is 6.10 Å². The molecule has 2 aromatic rings. The van der Waals surface area contributed by atoms with Gasteiger partial charge in [0.25, 0.3) is 0 Å². The maximum atomic E-state index is 5.91. The molecule has 0 aliphatic heterocycles. The van der Waals surface area contributed by atoms with Crippen molar-refractivity contribution < 1.29 is 4.74 Å². The van der Waals surface area contributed by atoms with Crippen LogP contribution in [0.25, 0.3) is 0 Å². The molecule has 2 aromatic carbocycles. The number of rotatable bonds is 10. The summed E-state index contributed by atoms with van der Waals surface area (Å²) in [5.41, 5.74) is 3.77. The second-order valence-electron chi connectivity index (χ2n) is 7.18. The molecule has 0 radical (unpaired) electrons. The van der Waals surface area contributed by atoms with Crippen LogP contribution in [0.4, 0.5) is 0 Å². The lowest BCUT2D eigenvalue weighted by molar-refractivity contribution is 0.0646. The summed E-state index contributed by atoms with van der Waals surface area (Å²) in [6.45, 7) is 5.34. The number of nitrogens with one attached hydrogen (secondary N) is 2. The fourth-order valence-corrected chi connectivity index (χ4v) is 2.89. The molecule has 0 saturated heterocycles. The molecule has 5 nitrogen and oxygen atoms in total. The van der Waals surface area contributed by atoms with Crippen molar-refractivity contribution >= 4 is 5.96 Å². The summed E-state index contributed by atoms with van der Waals surface area (Å²) >= 11 is 0. The minimum Gasteiger partial charge on any atom is -0.374 e. The molecule has 28 heavy (non-hydrogen) atoms. The van der Waals surface area contributed by atoms with E-state index in [1.54, 1.807) is 7.05 Å². The average Bonchev–Trinajstić information content (AvgIpc) is 2.71. The molecular formula is C23H34N4O. The molecule has 5 heteroatoms. The highest BCUT2D eigenvalue weighted by Crippen LogP contribution is 2.15. The zero-order valence-electron chi connectivity index (χ0n) is 17.6. The third-order valence-corrected chi connectivity index (χ3v) is 4.46. The number of hydrogen-bond acceptors (Lipinski definition) is 3. The summed E-state index contributed by atoms with van der Waals surface area (Å²) < 4.78 is 5.91. The van der Waals surface area contributed by atoms with Gasteiger partial charge in [-0.15, -0.1) is 0 Å². The van der Waals surface area contributed by atoms with E-state index in [9.17, 15) is 0 Å². The van der Waals surface area contributed by atoms with Gasteiger partial charge in [0.1, 0.15) is 0 Å². The molecule has 0 saturated carbocycles. The Bertz CT molecular complexity index is 698. The van der Waals surface area contributed by atoms with E-state index in [0.717, 1.165) is 32.0 Å². The molecule has 2 N–H and O–H groups in total. The van der Waals surface area contributed by atoms with Crippen LogP contribution in [-0.4, -0.2) is 45.2 Å². The Hall–Kier alpha value is -2.37. The number of benzene rings is 2. The number of aliphatic imine (C=N–C) groups is 1. The van der Waals surface area contributed by atoms with Crippen molar-refractivity contribution in [1.82, 2.24) is 15.5 Å². The number of guanidine groups is 1. The van der Waals surface area contributed by atoms with Crippen LogP contribution in [0.1, 0.15) is 36.1 Å². The lowest BCUT2D eigenvalue weighted by Crippen LogP contribution is -2.37. The molecule has 0 amide bonds. The fraction of sp³-hybridized carbons (Fsp3) is 0.435. The standard InChI is InChI=1S/C23H34N4O/c1-19(22-9-6-5-7-10-22)28-16-8-15-25-23(24-2)26-17-20-11-13-21(14-12-20)18-27(3)4/h5-7,9-14,19H,8,15-18H2,1-4H3,(H2,24,25,26). The topological polar surface area (TPSA) is 48.9 Å². The zero-order chi connectivity index (χ0) is 20.2. The highest BCUT2D eigenvalue weighted by molar-refractivity contribution is 5.79. The lowest BCUT2D eigenvalue weighted by Gasteiger charge is -2.15. The molecular weight excluding hydrogens is 348 g/mol. The summed E-state index contributed by atoms with van der Waals surface area (Å²) in [7, 11) is 5.96. The molecule has 0 aliphatic carbocycles. The van der Waals surface area contributed by atoms with Crippen molar-refractivity contribution in [1.29, 1.82) is 0 Å². The first-order valence-corrected chi connectivity index (χ1v) is 9.92. The third-order valence-electron chi connectivity index (χ3n) is 4.46. The first-order valence-electron chi connectivity index (χ1n) is 9.92. The largest absolute Gasteiger partial charge is 0.374 e. The summed E-state index contributed by atoms with van der Waals surface area (Å²) in [5, 5.41) is 6.70. The highest BCUT2D eigenvalue weighted by atomic mass is 16.5. The lowest BCUT2D eigenvalue weighted by atomic mass is 10.1. The van der Waals surface area contributed by atoms with Crippen molar-refractivity contribution in [3.63, 3.8) is 0 Å². The van der Waals surface area contributed by atoms with Crippen molar-refractivity contribution in [3.8, 4) is 0 Å². The molecule has 0 aliphatic rings. The fourth-order valence-electron chi connectivity index (χ4n) is 2.89. The Morgan fingerprint density at radius 3 is 2.32 bits per heavy atom. The Morgan fingerprint density at radius 1 is 1.00 bits per heavy atom. The van der Waals surface area contributed by atoms with Gasteiger partial charge in [-0.25, -0.2) is 0 Å². The summed E-state index contributed by atoms with van der Waals surface area (Å²) in [6.07, 6.45) is 1.05. The normalized spacial score (nSPS) is 12.8. The van der Waals surface area contributed by atoms with Crippen molar-refractivity contribution in [3.05, 3.63) is 71.3 Å². The molecule has 1 unspecified atom stereocenters. The van der Waals surface area contributed by atoms with E-state index in [2.05, 4.69) is 77.9 Å². The van der Waals surface area contributed by atoms with Gasteiger partial charge in [-0.2, -0.15) is 0 Å². The van der Waals surface area contributed by atoms with E-state index in [0.29, 0.717) is 6.61 Å². The SMILES string of the molecule is CN=C(NCCCOC(C)c1ccccc1)NCc1ccc(CN(C)C)cc1. The van der Waals surface area contributed by atoms with Crippen LogP contribution in [0.5, 0.6) is 0 Å². The smallest absolute Gasteiger partial charge is 0.191 e. The molecule has 0 heterocycles. The predicted molar refractivity (Wildman–Crippen MR) is 117 cm³/mol. The second kappa shape index (κ2) is 12.2. The van der Waals surface area contributed by atoms with Gasteiger partial charge in [-0.05, 0) is 44.1 Å². The quantitative estimate of drug-likeness (QED) is 0.375. The average molecular weight is 383 g/mol.